The highest BCUT2D eigenvalue weighted by atomic mass is 35.5. The Morgan fingerprint density at radius 3 is 2.85 bits per heavy atom. The van der Waals surface area contributed by atoms with Crippen LogP contribution in [0.15, 0.2) is 36.4 Å². The lowest BCUT2D eigenvalue weighted by atomic mass is 10.0. The summed E-state index contributed by atoms with van der Waals surface area (Å²) in [7, 11) is 1.64. The zero-order chi connectivity index (χ0) is 18.5. The second kappa shape index (κ2) is 9.45. The summed E-state index contributed by atoms with van der Waals surface area (Å²) < 4.78 is 10.7. The van der Waals surface area contributed by atoms with E-state index in [1.807, 2.05) is 24.3 Å². The van der Waals surface area contributed by atoms with Gasteiger partial charge in [0.1, 0.15) is 17.2 Å². The van der Waals surface area contributed by atoms with Gasteiger partial charge in [-0.2, -0.15) is 0 Å². The Balaban J connectivity index is 0.00000261. The number of aliphatic hydroxyl groups is 1. The standard InChI is InChI=1S/C19H22N2O5.ClH/c1-25-16-5-3-2-4-12(16)8-9-20-10-15(23)13-6-7-14(22)18-19(13)26-11-17(24)21-18;/h2-7,15,20,22-23H,8-11H2,1H3,(H,21,24);1H. The van der Waals surface area contributed by atoms with Crippen molar-refractivity contribution in [2.75, 3.05) is 32.1 Å². The molecule has 0 fully saturated rings. The first-order valence-corrected chi connectivity index (χ1v) is 8.39. The number of nitrogens with one attached hydrogen (secondary N) is 2. The van der Waals surface area contributed by atoms with Crippen molar-refractivity contribution < 1.29 is 24.5 Å². The fourth-order valence-electron chi connectivity index (χ4n) is 2.92. The number of phenolic OH excluding ortho intramolecular Hbond substituents is 1. The zero-order valence-electron chi connectivity index (χ0n) is 14.9. The van der Waals surface area contributed by atoms with E-state index in [1.165, 1.54) is 6.07 Å². The third-order valence-corrected chi connectivity index (χ3v) is 4.24. The molecule has 0 saturated carbocycles. The largest absolute Gasteiger partial charge is 0.506 e. The van der Waals surface area contributed by atoms with Crippen LogP contribution < -0.4 is 20.1 Å². The quantitative estimate of drug-likeness (QED) is 0.423. The van der Waals surface area contributed by atoms with Crippen LogP contribution in [0.2, 0.25) is 0 Å². The second-order valence-electron chi connectivity index (χ2n) is 6.00. The highest BCUT2D eigenvalue weighted by Gasteiger charge is 2.25. The van der Waals surface area contributed by atoms with E-state index in [1.54, 1.807) is 13.2 Å². The maximum absolute atomic E-state index is 11.4. The number of aromatic hydroxyl groups is 1. The van der Waals surface area contributed by atoms with Gasteiger partial charge in [0, 0.05) is 12.1 Å². The monoisotopic (exact) mass is 394 g/mol. The highest BCUT2D eigenvalue weighted by Crippen LogP contribution is 2.41. The topological polar surface area (TPSA) is 100 Å². The number of carbonyl (C=O) groups is 1. The lowest BCUT2D eigenvalue weighted by Crippen LogP contribution is -2.28. The number of hydrogen-bond donors (Lipinski definition) is 4. The maximum Gasteiger partial charge on any atom is 0.262 e. The zero-order valence-corrected chi connectivity index (χ0v) is 15.7. The number of phenols is 1. The SMILES string of the molecule is COc1ccccc1CCNCC(O)c1ccc(O)c2c1OCC(=O)N2.Cl. The number of ether oxygens (including phenoxy) is 2. The number of anilines is 1. The van der Waals surface area contributed by atoms with Gasteiger partial charge in [-0.1, -0.05) is 18.2 Å². The van der Waals surface area contributed by atoms with Crippen molar-refractivity contribution in [1.29, 1.82) is 0 Å². The van der Waals surface area contributed by atoms with E-state index in [4.69, 9.17) is 9.47 Å². The molecule has 0 aliphatic carbocycles. The van der Waals surface area contributed by atoms with E-state index in [0.29, 0.717) is 24.4 Å². The van der Waals surface area contributed by atoms with Crippen LogP contribution in [0.5, 0.6) is 17.2 Å². The molecule has 0 spiro atoms. The minimum Gasteiger partial charge on any atom is -0.506 e. The Morgan fingerprint density at radius 1 is 1.30 bits per heavy atom. The molecule has 3 rings (SSSR count). The Labute approximate surface area is 163 Å². The van der Waals surface area contributed by atoms with E-state index < -0.39 is 6.10 Å². The Kier molecular flexibility index (Phi) is 7.29. The highest BCUT2D eigenvalue weighted by molar-refractivity contribution is 5.97. The van der Waals surface area contributed by atoms with Gasteiger partial charge in [0.25, 0.3) is 5.91 Å². The molecule has 27 heavy (non-hydrogen) atoms. The van der Waals surface area contributed by atoms with Crippen molar-refractivity contribution in [3.63, 3.8) is 0 Å². The van der Waals surface area contributed by atoms with Crippen LogP contribution in [-0.4, -0.2) is 42.9 Å². The summed E-state index contributed by atoms with van der Waals surface area (Å²) in [5.74, 6) is 0.720. The number of benzene rings is 2. The van der Waals surface area contributed by atoms with Crippen molar-refractivity contribution >= 4 is 24.0 Å². The lowest BCUT2D eigenvalue weighted by molar-refractivity contribution is -0.118. The molecule has 1 aliphatic heterocycles. The van der Waals surface area contributed by atoms with E-state index in [2.05, 4.69) is 10.6 Å². The molecule has 1 heterocycles. The number of aliphatic hydroxyl groups excluding tert-OH is 1. The van der Waals surface area contributed by atoms with Crippen molar-refractivity contribution in [1.82, 2.24) is 5.32 Å². The number of hydrogen-bond acceptors (Lipinski definition) is 6. The summed E-state index contributed by atoms with van der Waals surface area (Å²) in [4.78, 5) is 11.4. The fraction of sp³-hybridized carbons (Fsp3) is 0.316. The molecule has 1 unspecified atom stereocenters. The van der Waals surface area contributed by atoms with Crippen LogP contribution in [0.1, 0.15) is 17.2 Å². The first-order chi connectivity index (χ1) is 12.6. The van der Waals surface area contributed by atoms with E-state index in [0.717, 1.165) is 17.7 Å². The van der Waals surface area contributed by atoms with Crippen molar-refractivity contribution in [3.8, 4) is 17.2 Å². The first kappa shape index (κ1) is 20.8. The second-order valence-corrected chi connectivity index (χ2v) is 6.00. The van der Waals surface area contributed by atoms with Crippen molar-refractivity contribution in [2.45, 2.75) is 12.5 Å². The van der Waals surface area contributed by atoms with Crippen LogP contribution in [-0.2, 0) is 11.2 Å². The third kappa shape index (κ3) is 4.82. The predicted molar refractivity (Wildman–Crippen MR) is 104 cm³/mol. The van der Waals surface area contributed by atoms with Gasteiger partial charge in [-0.15, -0.1) is 12.4 Å². The van der Waals surface area contributed by atoms with Gasteiger partial charge < -0.3 is 30.3 Å². The summed E-state index contributed by atoms with van der Waals surface area (Å²) in [6.45, 7) is 0.830. The fourth-order valence-corrected chi connectivity index (χ4v) is 2.92. The minimum atomic E-state index is -0.836. The number of fused-ring (bicyclic) bond motifs is 1. The molecule has 1 aliphatic rings. The molecular formula is C19H23ClN2O5. The summed E-state index contributed by atoms with van der Waals surface area (Å²) in [6, 6.07) is 10.8. The molecule has 0 bridgehead atoms. The van der Waals surface area contributed by atoms with Crippen LogP contribution in [0, 0.1) is 0 Å². The molecule has 2 aromatic carbocycles. The van der Waals surface area contributed by atoms with Gasteiger partial charge in [0.2, 0.25) is 0 Å². The predicted octanol–water partition coefficient (Wildman–Crippen LogP) is 2.02. The smallest absolute Gasteiger partial charge is 0.262 e. The summed E-state index contributed by atoms with van der Waals surface area (Å²) >= 11 is 0. The van der Waals surface area contributed by atoms with Gasteiger partial charge in [0.05, 0.1) is 13.2 Å². The van der Waals surface area contributed by atoms with Crippen LogP contribution in [0.25, 0.3) is 0 Å². The Morgan fingerprint density at radius 2 is 2.07 bits per heavy atom. The lowest BCUT2D eigenvalue weighted by Gasteiger charge is -2.24. The molecule has 1 amide bonds. The van der Waals surface area contributed by atoms with Crippen LogP contribution in [0.4, 0.5) is 5.69 Å². The molecule has 0 radical (unpaired) electrons. The molecule has 4 N–H and O–H groups in total. The number of rotatable bonds is 7. The average Bonchev–Trinajstić information content (AvgIpc) is 2.66. The number of para-hydroxylation sites is 1. The number of methoxy groups -OCH3 is 1. The Hall–Kier alpha value is -2.48. The van der Waals surface area contributed by atoms with Gasteiger partial charge in [-0.05, 0) is 36.7 Å². The molecular weight excluding hydrogens is 372 g/mol. The normalized spacial score (nSPS) is 13.6. The number of halogens is 1. The molecule has 7 nitrogen and oxygen atoms in total. The Bertz CT molecular complexity index is 800. The van der Waals surface area contributed by atoms with Crippen molar-refractivity contribution in [3.05, 3.63) is 47.5 Å². The van der Waals surface area contributed by atoms with E-state index >= 15 is 0 Å². The molecule has 0 aromatic heterocycles. The van der Waals surface area contributed by atoms with Crippen LogP contribution in [0.3, 0.4) is 0 Å². The van der Waals surface area contributed by atoms with Gasteiger partial charge in [-0.3, -0.25) is 4.79 Å². The van der Waals surface area contributed by atoms with Gasteiger partial charge >= 0.3 is 0 Å². The van der Waals surface area contributed by atoms with Gasteiger partial charge in [0.15, 0.2) is 12.4 Å². The van der Waals surface area contributed by atoms with E-state index in [-0.39, 0.29) is 36.4 Å². The van der Waals surface area contributed by atoms with E-state index in [9.17, 15) is 15.0 Å². The third-order valence-electron chi connectivity index (χ3n) is 4.24. The summed E-state index contributed by atoms with van der Waals surface area (Å²) in [5, 5.41) is 26.1. The minimum absolute atomic E-state index is 0. The molecule has 0 saturated heterocycles. The number of carbonyl (C=O) groups excluding carboxylic acids is 1. The van der Waals surface area contributed by atoms with Crippen LogP contribution >= 0.6 is 12.4 Å². The average molecular weight is 395 g/mol. The molecule has 8 heteroatoms. The van der Waals surface area contributed by atoms with Gasteiger partial charge in [-0.25, -0.2) is 0 Å². The summed E-state index contributed by atoms with van der Waals surface area (Å²) in [6.07, 6.45) is -0.0752. The number of amides is 1. The molecule has 1 atom stereocenters. The summed E-state index contributed by atoms with van der Waals surface area (Å²) in [5.41, 5.74) is 1.81. The first-order valence-electron chi connectivity index (χ1n) is 8.39. The maximum atomic E-state index is 11.4. The van der Waals surface area contributed by atoms with Crippen molar-refractivity contribution in [2.24, 2.45) is 0 Å². The molecule has 2 aromatic rings. The molecule has 146 valence electrons.